The fraction of sp³-hybridized carbons (Fsp3) is 0.300. The Morgan fingerprint density at radius 2 is 1.19 bits per heavy atom. The van der Waals surface area contributed by atoms with Gasteiger partial charge in [-0.3, -0.25) is 29.8 Å². The highest BCUT2D eigenvalue weighted by Crippen LogP contribution is 2.26. The minimum atomic E-state index is -0.547. The molecule has 2 aromatic rings. The van der Waals surface area contributed by atoms with E-state index in [0.29, 0.717) is 11.5 Å². The Morgan fingerprint density at radius 1 is 0.806 bits per heavy atom. The van der Waals surface area contributed by atoms with Gasteiger partial charge in [0.15, 0.2) is 0 Å². The number of benzene rings is 2. The number of carbonyl (C=O) groups excluding carboxylic acids is 2. The van der Waals surface area contributed by atoms with E-state index in [-0.39, 0.29) is 47.4 Å². The van der Waals surface area contributed by atoms with Crippen molar-refractivity contribution in [3.8, 4) is 0 Å². The zero-order valence-electron chi connectivity index (χ0n) is 17.0. The van der Waals surface area contributed by atoms with E-state index in [0.717, 1.165) is 11.1 Å². The molecule has 2 N–H and O–H groups in total. The highest BCUT2D eigenvalue weighted by molar-refractivity contribution is 7.99. The summed E-state index contributed by atoms with van der Waals surface area (Å²) >= 11 is 1.37. The van der Waals surface area contributed by atoms with Crippen LogP contribution in [0.3, 0.4) is 0 Å². The molecule has 0 aliphatic rings. The second-order valence-electron chi connectivity index (χ2n) is 6.76. The molecule has 2 aromatic carbocycles. The number of hydrogen-bond donors (Lipinski definition) is 2. The van der Waals surface area contributed by atoms with Crippen molar-refractivity contribution in [3.63, 3.8) is 0 Å². The Bertz CT molecular complexity index is 932. The number of aryl methyl sites for hydroxylation is 2. The smallest absolute Gasteiger partial charge is 0.293 e. The van der Waals surface area contributed by atoms with Crippen LogP contribution in [-0.2, 0) is 9.59 Å². The van der Waals surface area contributed by atoms with E-state index >= 15 is 0 Å². The van der Waals surface area contributed by atoms with Crippen LogP contribution in [-0.4, -0.2) is 33.2 Å². The molecule has 0 fully saturated rings. The highest BCUT2D eigenvalue weighted by atomic mass is 32.2. The highest BCUT2D eigenvalue weighted by Gasteiger charge is 2.17. The SMILES string of the molecule is Cc1ccc(NC(=O)CCSCCC(=O)Nc2ccc(C)cc2[N+](=O)[O-])c([N+](=O)[O-])c1. The van der Waals surface area contributed by atoms with Gasteiger partial charge in [-0.2, -0.15) is 11.8 Å². The Morgan fingerprint density at radius 3 is 1.55 bits per heavy atom. The van der Waals surface area contributed by atoms with Gasteiger partial charge in [0.25, 0.3) is 11.4 Å². The van der Waals surface area contributed by atoms with Crippen molar-refractivity contribution in [2.24, 2.45) is 0 Å². The lowest BCUT2D eigenvalue weighted by Gasteiger charge is -2.08. The van der Waals surface area contributed by atoms with E-state index in [2.05, 4.69) is 10.6 Å². The number of rotatable bonds is 10. The molecular formula is C20H22N4O6S. The van der Waals surface area contributed by atoms with Crippen LogP contribution in [0, 0.1) is 34.1 Å². The van der Waals surface area contributed by atoms with E-state index < -0.39 is 9.85 Å². The molecule has 0 bridgehead atoms. The van der Waals surface area contributed by atoms with Crippen molar-refractivity contribution in [3.05, 3.63) is 67.8 Å². The summed E-state index contributed by atoms with van der Waals surface area (Å²) in [5, 5.41) is 27.3. The van der Waals surface area contributed by atoms with Crippen molar-refractivity contribution in [1.29, 1.82) is 0 Å². The third-order valence-electron chi connectivity index (χ3n) is 4.19. The third-order valence-corrected chi connectivity index (χ3v) is 5.18. The van der Waals surface area contributed by atoms with Crippen LogP contribution in [0.15, 0.2) is 36.4 Å². The topological polar surface area (TPSA) is 144 Å². The minimum Gasteiger partial charge on any atom is -0.320 e. The van der Waals surface area contributed by atoms with Crippen LogP contribution in [0.4, 0.5) is 22.7 Å². The average Bonchev–Trinajstić information content (AvgIpc) is 2.70. The van der Waals surface area contributed by atoms with E-state index in [9.17, 15) is 29.8 Å². The summed E-state index contributed by atoms with van der Waals surface area (Å²) in [6.07, 6.45) is 0.251. The van der Waals surface area contributed by atoms with Gasteiger partial charge in [-0.25, -0.2) is 0 Å². The van der Waals surface area contributed by atoms with Crippen LogP contribution < -0.4 is 10.6 Å². The van der Waals surface area contributed by atoms with E-state index in [1.807, 2.05) is 0 Å². The van der Waals surface area contributed by atoms with Crippen LogP contribution >= 0.6 is 11.8 Å². The Labute approximate surface area is 182 Å². The summed E-state index contributed by atoms with van der Waals surface area (Å²) in [5.41, 5.74) is 1.39. The lowest BCUT2D eigenvalue weighted by Crippen LogP contribution is -2.15. The average molecular weight is 446 g/mol. The molecular weight excluding hydrogens is 424 g/mol. The van der Waals surface area contributed by atoms with Crippen molar-refractivity contribution < 1.29 is 19.4 Å². The number of nitrogens with one attached hydrogen (secondary N) is 2. The van der Waals surface area contributed by atoms with Gasteiger partial charge >= 0.3 is 0 Å². The van der Waals surface area contributed by atoms with Crippen LogP contribution in [0.2, 0.25) is 0 Å². The molecule has 0 heterocycles. The molecule has 0 radical (unpaired) electrons. The Balaban J connectivity index is 1.75. The molecule has 11 heteroatoms. The lowest BCUT2D eigenvalue weighted by atomic mass is 10.2. The van der Waals surface area contributed by atoms with Crippen LogP contribution in [0.25, 0.3) is 0 Å². The number of nitro benzene ring substituents is 2. The zero-order valence-corrected chi connectivity index (χ0v) is 17.9. The molecule has 2 rings (SSSR count). The maximum absolute atomic E-state index is 12.0. The number of carbonyl (C=O) groups is 2. The summed E-state index contributed by atoms with van der Waals surface area (Å²) in [7, 11) is 0. The van der Waals surface area contributed by atoms with Crippen LogP contribution in [0.5, 0.6) is 0 Å². The van der Waals surface area contributed by atoms with Crippen molar-refractivity contribution >= 4 is 46.3 Å². The second kappa shape index (κ2) is 11.1. The van der Waals surface area contributed by atoms with Gasteiger partial charge in [-0.15, -0.1) is 0 Å². The third kappa shape index (κ3) is 7.37. The first kappa shape index (κ1) is 23.8. The van der Waals surface area contributed by atoms with E-state index in [4.69, 9.17) is 0 Å². The summed E-state index contributed by atoms with van der Waals surface area (Å²) in [5.74, 6) is 0.116. The maximum Gasteiger partial charge on any atom is 0.293 e. The molecule has 0 spiro atoms. The molecule has 0 atom stereocenters. The number of amides is 2. The minimum absolute atomic E-state index is 0.126. The number of nitro groups is 2. The van der Waals surface area contributed by atoms with E-state index in [1.165, 1.54) is 36.0 Å². The molecule has 2 amide bonds. The molecule has 10 nitrogen and oxygen atoms in total. The number of anilines is 2. The fourth-order valence-electron chi connectivity index (χ4n) is 2.65. The largest absolute Gasteiger partial charge is 0.320 e. The normalized spacial score (nSPS) is 10.4. The van der Waals surface area contributed by atoms with Crippen molar-refractivity contribution in [1.82, 2.24) is 0 Å². The molecule has 0 saturated carbocycles. The predicted octanol–water partition coefficient (Wildman–Crippen LogP) is 4.21. The van der Waals surface area contributed by atoms with Crippen LogP contribution in [0.1, 0.15) is 24.0 Å². The number of nitrogens with zero attached hydrogens (tertiary/aromatic N) is 2. The van der Waals surface area contributed by atoms with Gasteiger partial charge in [0.1, 0.15) is 11.4 Å². The standard InChI is InChI=1S/C20H22N4O6S/c1-13-3-5-15(17(11-13)23(27)28)21-19(25)7-9-31-10-8-20(26)22-16-6-4-14(2)12-18(16)24(29)30/h3-6,11-12H,7-10H2,1-2H3,(H,21,25)(H,22,26). The first-order chi connectivity index (χ1) is 14.7. The zero-order chi connectivity index (χ0) is 23.0. The molecule has 0 unspecified atom stereocenters. The maximum atomic E-state index is 12.0. The Hall–Kier alpha value is -3.47. The van der Waals surface area contributed by atoms with E-state index in [1.54, 1.807) is 26.0 Å². The van der Waals surface area contributed by atoms with Gasteiger partial charge in [0.05, 0.1) is 9.85 Å². The molecule has 164 valence electrons. The first-order valence-electron chi connectivity index (χ1n) is 9.35. The van der Waals surface area contributed by atoms with Crippen molar-refractivity contribution in [2.45, 2.75) is 26.7 Å². The molecule has 31 heavy (non-hydrogen) atoms. The van der Waals surface area contributed by atoms with Gasteiger partial charge in [0, 0.05) is 36.5 Å². The van der Waals surface area contributed by atoms with Gasteiger partial charge in [0.2, 0.25) is 11.8 Å². The summed E-state index contributed by atoms with van der Waals surface area (Å²) < 4.78 is 0. The number of hydrogen-bond acceptors (Lipinski definition) is 7. The summed E-state index contributed by atoms with van der Waals surface area (Å²) in [6.45, 7) is 3.45. The Kier molecular flexibility index (Phi) is 8.50. The van der Waals surface area contributed by atoms with Crippen molar-refractivity contribution in [2.75, 3.05) is 22.1 Å². The predicted molar refractivity (Wildman–Crippen MR) is 119 cm³/mol. The second-order valence-corrected chi connectivity index (χ2v) is 7.99. The quantitative estimate of drug-likeness (QED) is 0.316. The summed E-state index contributed by atoms with van der Waals surface area (Å²) in [6, 6.07) is 9.12. The van der Waals surface area contributed by atoms with Gasteiger partial charge in [-0.05, 0) is 37.1 Å². The fourth-order valence-corrected chi connectivity index (χ4v) is 3.52. The molecule has 0 saturated heterocycles. The summed E-state index contributed by atoms with van der Waals surface area (Å²) in [4.78, 5) is 45.2. The van der Waals surface area contributed by atoms with Gasteiger partial charge in [-0.1, -0.05) is 12.1 Å². The monoisotopic (exact) mass is 446 g/mol. The molecule has 0 aliphatic heterocycles. The molecule has 0 aromatic heterocycles. The lowest BCUT2D eigenvalue weighted by molar-refractivity contribution is -0.384. The molecule has 0 aliphatic carbocycles. The first-order valence-corrected chi connectivity index (χ1v) is 10.5. The number of thioether (sulfide) groups is 1. The van der Waals surface area contributed by atoms with Gasteiger partial charge < -0.3 is 10.6 Å².